The number of aliphatic hydroxyl groups excluding tert-OH is 2. The molecule has 0 saturated heterocycles. The number of nitriles is 1. The fraction of sp³-hybridized carbons (Fsp3) is 0.417. The van der Waals surface area contributed by atoms with Crippen molar-refractivity contribution in [3.63, 3.8) is 0 Å². The lowest BCUT2D eigenvalue weighted by molar-refractivity contribution is 0.116. The molecule has 0 aliphatic rings. The monoisotopic (exact) mass is 309 g/mol. The zero-order chi connectivity index (χ0) is 15.6. The van der Waals surface area contributed by atoms with Gasteiger partial charge in [-0.15, -0.1) is 11.8 Å². The summed E-state index contributed by atoms with van der Waals surface area (Å²) in [5, 5.41) is 28.8. The van der Waals surface area contributed by atoms with E-state index in [4.69, 9.17) is 10.8 Å². The number of nitrogens with zero attached hydrogens (tertiary/aromatic N) is 3. The predicted octanol–water partition coefficient (Wildman–Crippen LogP) is -0.356. The second kappa shape index (κ2) is 6.17. The highest BCUT2D eigenvalue weighted by molar-refractivity contribution is 7.98. The van der Waals surface area contributed by atoms with Crippen molar-refractivity contribution in [3.05, 3.63) is 15.9 Å². The fourth-order valence-electron chi connectivity index (χ4n) is 2.17. The molecule has 0 saturated carbocycles. The fourth-order valence-corrected chi connectivity index (χ4v) is 2.91. The van der Waals surface area contributed by atoms with E-state index in [-0.39, 0.29) is 42.1 Å². The maximum absolute atomic E-state index is 12.0. The van der Waals surface area contributed by atoms with Gasteiger partial charge in [-0.25, -0.2) is 0 Å². The van der Waals surface area contributed by atoms with E-state index < -0.39 is 11.7 Å². The number of fused-ring (bicyclic) bond motifs is 1. The molecule has 0 aliphatic carbocycles. The van der Waals surface area contributed by atoms with Crippen LogP contribution in [0.15, 0.2) is 9.82 Å². The van der Waals surface area contributed by atoms with Crippen molar-refractivity contribution < 1.29 is 10.2 Å². The Morgan fingerprint density at radius 2 is 2.33 bits per heavy atom. The quantitative estimate of drug-likeness (QED) is 0.553. The van der Waals surface area contributed by atoms with Gasteiger partial charge in [-0.2, -0.15) is 10.2 Å². The van der Waals surface area contributed by atoms with Crippen LogP contribution in [0.4, 0.5) is 5.95 Å². The van der Waals surface area contributed by atoms with Gasteiger partial charge in [-0.3, -0.25) is 9.78 Å². The van der Waals surface area contributed by atoms with Crippen molar-refractivity contribution in [2.75, 3.05) is 18.6 Å². The Hall–Kier alpha value is -2.02. The van der Waals surface area contributed by atoms with Gasteiger partial charge in [0.15, 0.2) is 5.65 Å². The van der Waals surface area contributed by atoms with E-state index in [0.29, 0.717) is 5.03 Å². The summed E-state index contributed by atoms with van der Waals surface area (Å²) in [6.07, 6.45) is 1.14. The highest BCUT2D eigenvalue weighted by Crippen LogP contribution is 2.29. The molecule has 8 nitrogen and oxygen atoms in total. The van der Waals surface area contributed by atoms with Crippen LogP contribution in [0.3, 0.4) is 0 Å². The summed E-state index contributed by atoms with van der Waals surface area (Å²) in [5.41, 5.74) is 5.54. The Morgan fingerprint density at radius 1 is 1.62 bits per heavy atom. The van der Waals surface area contributed by atoms with Gasteiger partial charge >= 0.3 is 0 Å². The summed E-state index contributed by atoms with van der Waals surface area (Å²) in [4.78, 5) is 18.5. The van der Waals surface area contributed by atoms with Crippen LogP contribution in [-0.4, -0.2) is 43.7 Å². The third kappa shape index (κ3) is 2.73. The molecule has 2 rings (SSSR count). The van der Waals surface area contributed by atoms with Crippen molar-refractivity contribution in [3.8, 4) is 6.07 Å². The number of hydrogen-bond donors (Lipinski definition) is 4. The van der Waals surface area contributed by atoms with Gasteiger partial charge in [0.1, 0.15) is 11.5 Å². The maximum Gasteiger partial charge on any atom is 0.263 e. The molecular formula is C12H15N5O3S. The molecule has 1 atom stereocenters. The van der Waals surface area contributed by atoms with Crippen molar-refractivity contribution in [2.45, 2.75) is 24.1 Å². The van der Waals surface area contributed by atoms with Gasteiger partial charge in [-0.1, -0.05) is 0 Å². The molecule has 0 aromatic carbocycles. The smallest absolute Gasteiger partial charge is 0.263 e. The van der Waals surface area contributed by atoms with Gasteiger partial charge in [0.25, 0.3) is 5.56 Å². The molecule has 21 heavy (non-hydrogen) atoms. The Labute approximate surface area is 124 Å². The molecule has 0 bridgehead atoms. The molecule has 0 fully saturated rings. The molecule has 2 aromatic heterocycles. The van der Waals surface area contributed by atoms with Crippen LogP contribution in [0.1, 0.15) is 12.0 Å². The van der Waals surface area contributed by atoms with E-state index in [9.17, 15) is 15.2 Å². The Balaban J connectivity index is 2.73. The summed E-state index contributed by atoms with van der Waals surface area (Å²) in [6.45, 7) is -0.0406. The number of nitrogens with two attached hydrogens (primary N) is 1. The van der Waals surface area contributed by atoms with Crippen molar-refractivity contribution >= 4 is 28.7 Å². The van der Waals surface area contributed by atoms with E-state index >= 15 is 0 Å². The number of nitrogen functional groups attached to an aromatic ring is 1. The highest BCUT2D eigenvalue weighted by Gasteiger charge is 2.22. The van der Waals surface area contributed by atoms with Gasteiger partial charge < -0.3 is 20.5 Å². The average molecular weight is 309 g/mol. The standard InChI is InChI=1S/C12H15N5O3S/c1-21-11-7(4-13)8-9(15-12(14)16-10(8)20)17(11)5-6(19)2-3-18/h6,18-19H,2-3,5H2,1H3,(H3,14,15,16,20)/t6-/m0/s1. The summed E-state index contributed by atoms with van der Waals surface area (Å²) >= 11 is 1.28. The molecule has 0 radical (unpaired) electrons. The van der Waals surface area contributed by atoms with E-state index in [1.807, 2.05) is 6.07 Å². The molecule has 0 aliphatic heterocycles. The first-order valence-corrected chi connectivity index (χ1v) is 7.41. The van der Waals surface area contributed by atoms with Crippen molar-refractivity contribution in [1.82, 2.24) is 14.5 Å². The Kier molecular flexibility index (Phi) is 4.52. The second-order valence-electron chi connectivity index (χ2n) is 4.42. The van der Waals surface area contributed by atoms with Gasteiger partial charge in [-0.05, 0) is 12.7 Å². The van der Waals surface area contributed by atoms with E-state index in [1.54, 1.807) is 10.8 Å². The van der Waals surface area contributed by atoms with Crippen molar-refractivity contribution in [2.24, 2.45) is 0 Å². The van der Waals surface area contributed by atoms with Crippen LogP contribution in [0, 0.1) is 11.3 Å². The number of anilines is 1. The maximum atomic E-state index is 12.0. The number of aromatic nitrogens is 3. The first kappa shape index (κ1) is 15.4. The number of nitrogens with one attached hydrogen (secondary N) is 1. The molecule has 2 heterocycles. The average Bonchev–Trinajstić information content (AvgIpc) is 2.72. The van der Waals surface area contributed by atoms with Gasteiger partial charge in [0.2, 0.25) is 5.95 Å². The predicted molar refractivity (Wildman–Crippen MR) is 79.0 cm³/mol. The third-order valence-corrected chi connectivity index (χ3v) is 3.86. The van der Waals surface area contributed by atoms with Gasteiger partial charge in [0.05, 0.1) is 23.2 Å². The number of thioether (sulfide) groups is 1. The first-order chi connectivity index (χ1) is 10.0. The summed E-state index contributed by atoms with van der Waals surface area (Å²) < 4.78 is 1.59. The van der Waals surface area contributed by atoms with Crippen LogP contribution in [0.2, 0.25) is 0 Å². The second-order valence-corrected chi connectivity index (χ2v) is 5.22. The molecule has 5 N–H and O–H groups in total. The van der Waals surface area contributed by atoms with E-state index in [1.165, 1.54) is 11.8 Å². The first-order valence-electron chi connectivity index (χ1n) is 6.18. The minimum Gasteiger partial charge on any atom is -0.396 e. The molecule has 0 amide bonds. The summed E-state index contributed by atoms with van der Waals surface area (Å²) in [5.74, 6) is -0.0555. The lowest BCUT2D eigenvalue weighted by atomic mass is 10.2. The number of rotatable bonds is 5. The normalized spacial score (nSPS) is 12.5. The molecule has 2 aromatic rings. The zero-order valence-corrected chi connectivity index (χ0v) is 12.1. The minimum absolute atomic E-state index is 0.0555. The lowest BCUT2D eigenvalue weighted by Gasteiger charge is -2.13. The molecule has 112 valence electrons. The van der Waals surface area contributed by atoms with Crippen LogP contribution in [0.25, 0.3) is 11.0 Å². The van der Waals surface area contributed by atoms with E-state index in [2.05, 4.69) is 9.97 Å². The zero-order valence-electron chi connectivity index (χ0n) is 11.3. The number of hydrogen-bond acceptors (Lipinski definition) is 7. The SMILES string of the molecule is CSc1c(C#N)c2c(=O)[nH]c(N)nc2n1C[C@@H](O)CCO. The number of aliphatic hydroxyl groups is 2. The Morgan fingerprint density at radius 3 is 2.90 bits per heavy atom. The van der Waals surface area contributed by atoms with Crippen LogP contribution in [0.5, 0.6) is 0 Å². The molecule has 0 spiro atoms. The number of H-pyrrole nitrogens is 1. The third-order valence-electron chi connectivity index (χ3n) is 3.04. The minimum atomic E-state index is -0.814. The topological polar surface area (TPSA) is 141 Å². The largest absolute Gasteiger partial charge is 0.396 e. The van der Waals surface area contributed by atoms with E-state index in [0.717, 1.165) is 0 Å². The Bertz CT molecular complexity index is 761. The lowest BCUT2D eigenvalue weighted by Crippen LogP contribution is -2.19. The summed E-state index contributed by atoms with van der Waals surface area (Å²) in [7, 11) is 0. The molecular weight excluding hydrogens is 294 g/mol. The number of aromatic amines is 1. The molecule has 9 heteroatoms. The highest BCUT2D eigenvalue weighted by atomic mass is 32.2. The van der Waals surface area contributed by atoms with Crippen molar-refractivity contribution in [1.29, 1.82) is 5.26 Å². The molecule has 0 unspecified atom stereocenters. The van der Waals surface area contributed by atoms with Gasteiger partial charge in [0, 0.05) is 6.61 Å². The van der Waals surface area contributed by atoms with Crippen LogP contribution >= 0.6 is 11.8 Å². The van der Waals surface area contributed by atoms with Crippen LogP contribution in [-0.2, 0) is 6.54 Å². The van der Waals surface area contributed by atoms with Crippen LogP contribution < -0.4 is 11.3 Å². The summed E-state index contributed by atoms with van der Waals surface area (Å²) in [6, 6.07) is 2.00.